The van der Waals surface area contributed by atoms with E-state index in [-0.39, 0.29) is 9.52 Å². The van der Waals surface area contributed by atoms with Crippen LogP contribution in [0.3, 0.4) is 0 Å². The molecular formula is C13H20OSi. The van der Waals surface area contributed by atoms with Gasteiger partial charge in [0.25, 0.3) is 0 Å². The fourth-order valence-electron chi connectivity index (χ4n) is 1.37. The largest absolute Gasteiger partial charge is 0.382 e. The van der Waals surface area contributed by atoms with E-state index in [1.807, 2.05) is 6.92 Å². The predicted octanol–water partition coefficient (Wildman–Crippen LogP) is 1.90. The van der Waals surface area contributed by atoms with Gasteiger partial charge in [-0.3, -0.25) is 0 Å². The zero-order valence-corrected chi connectivity index (χ0v) is 11.3. The Hall–Kier alpha value is -0.863. The summed E-state index contributed by atoms with van der Waals surface area (Å²) in [6.07, 6.45) is 1.29. The molecule has 15 heavy (non-hydrogen) atoms. The van der Waals surface area contributed by atoms with Gasteiger partial charge in [0.1, 0.15) is 0 Å². The average Bonchev–Trinajstić information content (AvgIpc) is 2.18. The van der Waals surface area contributed by atoms with E-state index in [1.54, 1.807) is 0 Å². The summed E-state index contributed by atoms with van der Waals surface area (Å²) in [6.45, 7) is 10.1. The molecule has 0 saturated heterocycles. The number of benzene rings is 1. The van der Waals surface area contributed by atoms with Crippen molar-refractivity contribution in [2.75, 3.05) is 6.23 Å². The fourth-order valence-corrected chi connectivity index (χ4v) is 2.76. The lowest BCUT2D eigenvalue weighted by atomic mass is 10.1. The van der Waals surface area contributed by atoms with E-state index in [1.165, 1.54) is 10.8 Å². The van der Waals surface area contributed by atoms with E-state index in [2.05, 4.69) is 44.7 Å². The third kappa shape index (κ3) is 4.45. The van der Waals surface area contributed by atoms with Gasteiger partial charge in [0, 0.05) is 6.23 Å². The molecular weight excluding hydrogens is 200 g/mol. The Kier molecular flexibility index (Phi) is 4.79. The maximum atomic E-state index is 5.57. The van der Waals surface area contributed by atoms with Crippen LogP contribution >= 0.6 is 0 Å². The lowest BCUT2D eigenvalue weighted by Gasteiger charge is -2.07. The summed E-state index contributed by atoms with van der Waals surface area (Å²) in [5.74, 6) is 0. The molecule has 82 valence electrons. The summed E-state index contributed by atoms with van der Waals surface area (Å²) >= 11 is 0. The van der Waals surface area contributed by atoms with Gasteiger partial charge in [-0.25, -0.2) is 0 Å². The Balaban J connectivity index is 2.46. The number of rotatable bonds is 5. The van der Waals surface area contributed by atoms with Crippen molar-refractivity contribution in [2.24, 2.45) is 0 Å². The molecule has 0 atom stereocenters. The van der Waals surface area contributed by atoms with Crippen LogP contribution in [0.4, 0.5) is 0 Å². The molecule has 0 aliphatic heterocycles. The molecule has 0 aromatic heterocycles. The van der Waals surface area contributed by atoms with E-state index in [9.17, 15) is 0 Å². The van der Waals surface area contributed by atoms with Crippen LogP contribution in [-0.4, -0.2) is 21.9 Å². The van der Waals surface area contributed by atoms with Crippen LogP contribution in [0.1, 0.15) is 26.3 Å². The van der Waals surface area contributed by atoms with E-state index in [4.69, 9.17) is 4.74 Å². The fraction of sp³-hybridized carbons (Fsp3) is 0.385. The molecule has 1 aromatic carbocycles. The van der Waals surface area contributed by atoms with E-state index >= 15 is 0 Å². The number of hydrogen-bond donors (Lipinski definition) is 0. The van der Waals surface area contributed by atoms with Gasteiger partial charge in [0.15, 0.2) is 0 Å². The van der Waals surface area contributed by atoms with E-state index in [0.717, 1.165) is 11.8 Å². The highest BCUT2D eigenvalue weighted by Crippen LogP contribution is 2.08. The third-order valence-electron chi connectivity index (χ3n) is 2.29. The van der Waals surface area contributed by atoms with Crippen LogP contribution in [0.5, 0.6) is 0 Å². The van der Waals surface area contributed by atoms with Crippen LogP contribution in [-0.2, 0) is 4.74 Å². The molecule has 0 amide bonds. The van der Waals surface area contributed by atoms with Gasteiger partial charge in [-0.05, 0) is 26.3 Å². The Morgan fingerprint density at radius 2 is 1.93 bits per heavy atom. The quantitative estimate of drug-likeness (QED) is 0.689. The second-order valence-electron chi connectivity index (χ2n) is 4.15. The van der Waals surface area contributed by atoms with Crippen molar-refractivity contribution in [3.63, 3.8) is 0 Å². The molecule has 0 heterocycles. The van der Waals surface area contributed by atoms with Crippen LogP contribution in [0, 0.1) is 0 Å². The van der Waals surface area contributed by atoms with Crippen molar-refractivity contribution >= 4 is 20.3 Å². The molecule has 0 spiro atoms. The van der Waals surface area contributed by atoms with Crippen molar-refractivity contribution in [3.05, 3.63) is 36.4 Å². The molecule has 0 unspecified atom stereocenters. The van der Waals surface area contributed by atoms with E-state index < -0.39 is 0 Å². The third-order valence-corrected chi connectivity index (χ3v) is 3.78. The Morgan fingerprint density at radius 1 is 1.33 bits per heavy atom. The van der Waals surface area contributed by atoms with Gasteiger partial charge in [0.2, 0.25) is 0 Å². The van der Waals surface area contributed by atoms with Gasteiger partial charge in [-0.2, -0.15) is 0 Å². The predicted molar refractivity (Wildman–Crippen MR) is 70.4 cm³/mol. The summed E-state index contributed by atoms with van der Waals surface area (Å²) in [5.41, 5.74) is 2.36. The van der Waals surface area contributed by atoms with E-state index in [0.29, 0.717) is 6.10 Å². The Labute approximate surface area is 95.0 Å². The molecule has 1 nitrogen and oxygen atoms in total. The molecule has 2 heteroatoms. The van der Waals surface area contributed by atoms with Crippen LogP contribution < -0.4 is 5.19 Å². The van der Waals surface area contributed by atoms with Crippen LogP contribution in [0.2, 0.25) is 0 Å². The molecule has 0 N–H and O–H groups in total. The Morgan fingerprint density at radius 3 is 2.40 bits per heavy atom. The first-order valence-electron chi connectivity index (χ1n) is 5.46. The minimum atomic E-state index is -0.247. The zero-order chi connectivity index (χ0) is 11.3. The first-order valence-corrected chi connectivity index (χ1v) is 7.16. The summed E-state index contributed by atoms with van der Waals surface area (Å²) in [4.78, 5) is 0. The standard InChI is InChI=1S/C13H20OSi/c1-10(2)12-5-7-13(8-6-12)15-9-14-11(3)4/h5-8,11H,1,9,15H2,2-4H3. The highest BCUT2D eigenvalue weighted by molar-refractivity contribution is 6.53. The SMILES string of the molecule is C=C(C)c1ccc([SiH2]COC(C)C)cc1. The summed E-state index contributed by atoms with van der Waals surface area (Å²) < 4.78 is 5.57. The molecule has 0 aliphatic rings. The summed E-state index contributed by atoms with van der Waals surface area (Å²) in [5, 5.41) is 1.46. The monoisotopic (exact) mass is 220 g/mol. The smallest absolute Gasteiger partial charge is 0.0849 e. The van der Waals surface area contributed by atoms with Crippen LogP contribution in [0.15, 0.2) is 30.8 Å². The molecule has 1 aromatic rings. The minimum Gasteiger partial charge on any atom is -0.382 e. The second-order valence-corrected chi connectivity index (χ2v) is 5.87. The second kappa shape index (κ2) is 5.88. The van der Waals surface area contributed by atoms with Crippen molar-refractivity contribution in [3.8, 4) is 0 Å². The number of ether oxygens (including phenoxy) is 1. The lowest BCUT2D eigenvalue weighted by Crippen LogP contribution is -2.21. The van der Waals surface area contributed by atoms with Gasteiger partial charge in [-0.15, -0.1) is 0 Å². The first-order chi connectivity index (χ1) is 7.09. The zero-order valence-electron chi connectivity index (χ0n) is 9.92. The molecule has 0 fully saturated rings. The molecule has 0 radical (unpaired) electrons. The minimum absolute atomic E-state index is 0.247. The topological polar surface area (TPSA) is 9.23 Å². The highest BCUT2D eigenvalue weighted by atomic mass is 28.2. The van der Waals surface area contributed by atoms with Crippen molar-refractivity contribution in [1.29, 1.82) is 0 Å². The van der Waals surface area contributed by atoms with Crippen molar-refractivity contribution in [2.45, 2.75) is 26.9 Å². The lowest BCUT2D eigenvalue weighted by molar-refractivity contribution is 0.116. The molecule has 1 rings (SSSR count). The maximum absolute atomic E-state index is 5.57. The molecule has 0 aliphatic carbocycles. The number of allylic oxidation sites excluding steroid dienone is 1. The van der Waals surface area contributed by atoms with Crippen LogP contribution in [0.25, 0.3) is 5.57 Å². The van der Waals surface area contributed by atoms with Gasteiger partial charge >= 0.3 is 0 Å². The summed E-state index contributed by atoms with van der Waals surface area (Å²) in [7, 11) is -0.247. The van der Waals surface area contributed by atoms with Gasteiger partial charge < -0.3 is 4.74 Å². The normalized spacial score (nSPS) is 11.5. The van der Waals surface area contributed by atoms with Crippen molar-refractivity contribution in [1.82, 2.24) is 0 Å². The molecule has 0 bridgehead atoms. The average molecular weight is 220 g/mol. The maximum Gasteiger partial charge on any atom is 0.0849 e. The van der Waals surface area contributed by atoms with Gasteiger partial charge in [-0.1, -0.05) is 41.6 Å². The first kappa shape index (κ1) is 12.2. The summed E-state index contributed by atoms with van der Waals surface area (Å²) in [6, 6.07) is 8.72. The van der Waals surface area contributed by atoms with Crippen molar-refractivity contribution < 1.29 is 4.74 Å². The highest BCUT2D eigenvalue weighted by Gasteiger charge is 1.98. The Bertz CT molecular complexity index is 314. The number of hydrogen-bond acceptors (Lipinski definition) is 1. The molecule has 0 saturated carbocycles. The van der Waals surface area contributed by atoms with Gasteiger partial charge in [0.05, 0.1) is 15.6 Å².